The maximum atomic E-state index is 16.8. The van der Waals surface area contributed by atoms with Gasteiger partial charge < -0.3 is 20.1 Å². The number of benzene rings is 2. The maximum Gasteiger partial charge on any atom is 0.319 e. The lowest BCUT2D eigenvalue weighted by Crippen LogP contribution is -2.51. The molecular weight excluding hydrogens is 569 g/mol. The zero-order chi connectivity index (χ0) is 32.0. The molecule has 6 heterocycles. The first-order valence-electron chi connectivity index (χ1n) is 15.9. The molecule has 8 nitrogen and oxygen atoms in total. The normalized spacial score (nSPS) is 28.2. The molecule has 2 bridgehead atoms. The van der Waals surface area contributed by atoms with Crippen LogP contribution in [0.1, 0.15) is 40.4 Å². The van der Waals surface area contributed by atoms with Gasteiger partial charge >= 0.3 is 6.01 Å². The smallest absolute Gasteiger partial charge is 0.319 e. The van der Waals surface area contributed by atoms with E-state index < -0.39 is 29.8 Å². The number of ether oxygens (including phenoxy) is 1. The first kappa shape index (κ1) is 25.2. The second-order valence-corrected chi connectivity index (χ2v) is 12.3. The molecule has 0 saturated carbocycles. The molecule has 8 rings (SSSR count). The second kappa shape index (κ2) is 10.2. The Morgan fingerprint density at radius 3 is 2.80 bits per heavy atom. The molecule has 2 unspecified atom stereocenters. The Labute approximate surface area is 255 Å². The van der Waals surface area contributed by atoms with Crippen LogP contribution in [0.15, 0.2) is 30.5 Å². The molecule has 4 aliphatic heterocycles. The van der Waals surface area contributed by atoms with Crippen LogP contribution in [0.5, 0.6) is 11.8 Å². The van der Waals surface area contributed by atoms with Crippen molar-refractivity contribution in [3.05, 3.63) is 47.7 Å². The summed E-state index contributed by atoms with van der Waals surface area (Å²) in [4.78, 5) is 17.3. The fourth-order valence-corrected chi connectivity index (χ4v) is 7.52. The lowest BCUT2D eigenvalue weighted by atomic mass is 9.95. The molecule has 2 N–H and O–H groups in total. The van der Waals surface area contributed by atoms with Gasteiger partial charge in [0.15, 0.2) is 5.82 Å². The van der Waals surface area contributed by atoms with E-state index in [1.165, 1.54) is 30.5 Å². The summed E-state index contributed by atoms with van der Waals surface area (Å²) in [6, 6.07) is 5.73. The van der Waals surface area contributed by atoms with Crippen molar-refractivity contribution in [2.24, 2.45) is 0 Å². The third-order valence-electron chi connectivity index (χ3n) is 9.53. The van der Waals surface area contributed by atoms with Crippen LogP contribution < -0.4 is 15.0 Å². The lowest BCUT2D eigenvalue weighted by Gasteiger charge is -2.34. The Bertz CT molecular complexity index is 1950. The number of fused-ring (bicyclic) bond motifs is 5. The molecule has 226 valence electrons. The number of hydrogen-bond acceptors (Lipinski definition) is 8. The minimum Gasteiger partial charge on any atom is -0.508 e. The molecular formula is C33H31F3N6O2. The highest BCUT2D eigenvalue weighted by Crippen LogP contribution is 2.42. The molecule has 4 aromatic rings. The number of nitrogens with zero attached hydrogens (tertiary/aromatic N) is 5. The second-order valence-electron chi connectivity index (χ2n) is 12.3. The molecule has 44 heavy (non-hydrogen) atoms. The maximum absolute atomic E-state index is 16.8. The van der Waals surface area contributed by atoms with Gasteiger partial charge in [0, 0.05) is 58.0 Å². The number of aromatic hydroxyl groups is 1. The van der Waals surface area contributed by atoms with Crippen molar-refractivity contribution in [2.45, 2.75) is 55.9 Å². The summed E-state index contributed by atoms with van der Waals surface area (Å²) in [6.07, 6.45) is 8.73. The van der Waals surface area contributed by atoms with Crippen molar-refractivity contribution >= 4 is 27.5 Å². The van der Waals surface area contributed by atoms with E-state index in [0.29, 0.717) is 36.1 Å². The van der Waals surface area contributed by atoms with E-state index in [1.54, 1.807) is 4.90 Å². The van der Waals surface area contributed by atoms with Crippen LogP contribution in [-0.4, -0.2) is 81.5 Å². The minimum absolute atomic E-state index is 0.0223. The Hall–Kier alpha value is -4.14. The van der Waals surface area contributed by atoms with E-state index in [1.807, 2.05) is 0 Å². The molecule has 4 atom stereocenters. The van der Waals surface area contributed by atoms with E-state index in [-0.39, 0.29) is 77.6 Å². The predicted octanol–water partition coefficient (Wildman–Crippen LogP) is 4.71. The molecule has 0 radical (unpaired) electrons. The highest BCUT2D eigenvalue weighted by Gasteiger charge is 2.49. The summed E-state index contributed by atoms with van der Waals surface area (Å²) >= 11 is 0. The highest BCUT2D eigenvalue weighted by molar-refractivity contribution is 6.03. The van der Waals surface area contributed by atoms with Crippen LogP contribution in [0.4, 0.5) is 19.0 Å². The summed E-state index contributed by atoms with van der Waals surface area (Å²) in [6.45, 7) is -0.478. The van der Waals surface area contributed by atoms with Gasteiger partial charge in [-0.05, 0) is 55.8 Å². The number of aromatic nitrogens is 3. The van der Waals surface area contributed by atoms with Gasteiger partial charge in [-0.25, -0.2) is 13.2 Å². The average Bonchev–Trinajstić information content (AvgIpc) is 3.64. The van der Waals surface area contributed by atoms with Gasteiger partial charge in [-0.2, -0.15) is 9.97 Å². The van der Waals surface area contributed by atoms with Crippen LogP contribution in [0.2, 0.25) is 0 Å². The summed E-state index contributed by atoms with van der Waals surface area (Å²) in [5.41, 5.74) is -1.12. The van der Waals surface area contributed by atoms with Crippen molar-refractivity contribution in [1.82, 2.24) is 25.2 Å². The van der Waals surface area contributed by atoms with Gasteiger partial charge in [0.05, 0.1) is 16.5 Å². The third kappa shape index (κ3) is 4.34. The highest BCUT2D eigenvalue weighted by atomic mass is 19.1. The number of anilines is 1. The molecule has 2 aromatic heterocycles. The molecule has 2 aromatic carbocycles. The SMILES string of the molecule is [2H]C1([2H])CC[C@@]2(COc3nc(N4CC5CCC(C4)N5)c4cnc(-c5cc(O)cc6ccc(F)c(C#C)c56)c(F)c4n3)C[C@@H](F)CN12. The van der Waals surface area contributed by atoms with Crippen molar-refractivity contribution in [2.75, 3.05) is 37.6 Å². The van der Waals surface area contributed by atoms with Crippen LogP contribution >= 0.6 is 0 Å². The number of terminal acetylenes is 1. The topological polar surface area (TPSA) is 86.6 Å². The number of phenolic OH excluding ortho intramolecular Hbond substituents is 1. The number of hydrogen-bond donors (Lipinski definition) is 2. The summed E-state index contributed by atoms with van der Waals surface area (Å²) in [5.74, 6) is 1.12. The van der Waals surface area contributed by atoms with E-state index in [2.05, 4.69) is 26.1 Å². The molecule has 0 amide bonds. The zero-order valence-electron chi connectivity index (χ0n) is 25.8. The first-order valence-corrected chi connectivity index (χ1v) is 14.9. The summed E-state index contributed by atoms with van der Waals surface area (Å²) in [5, 5.41) is 15.1. The van der Waals surface area contributed by atoms with Crippen LogP contribution in [0, 0.1) is 24.0 Å². The molecule has 4 fully saturated rings. The fourth-order valence-electron chi connectivity index (χ4n) is 7.52. The van der Waals surface area contributed by atoms with Crippen molar-refractivity contribution in [3.8, 4) is 35.4 Å². The van der Waals surface area contributed by atoms with Crippen LogP contribution in [0.3, 0.4) is 0 Å². The zero-order valence-corrected chi connectivity index (χ0v) is 23.8. The molecule has 0 aliphatic carbocycles. The summed E-state index contributed by atoms with van der Waals surface area (Å²) in [7, 11) is 0. The van der Waals surface area contributed by atoms with Gasteiger partial charge in [-0.3, -0.25) is 9.88 Å². The standard InChI is InChI=1S/C33H31F3N6O2/c1-2-23-26(35)7-4-18-10-22(43)11-24(27(18)23)29-28(36)30-25(13-37-29)31(41-15-20-5-6-21(16-41)38-20)40-32(39-30)44-17-33-8-3-9-42(33)14-19(34)12-33/h1,4,7,10-11,13,19-21,38,43H,3,5-6,8-9,12,14-17H2/t19-,20?,21?,33+/m1/s1/i9D2. The van der Waals surface area contributed by atoms with Gasteiger partial charge in [0.2, 0.25) is 0 Å². The number of rotatable bonds is 5. The first-order chi connectivity index (χ1) is 22.0. The van der Waals surface area contributed by atoms with E-state index in [0.717, 1.165) is 12.8 Å². The van der Waals surface area contributed by atoms with E-state index in [4.69, 9.17) is 18.9 Å². The van der Waals surface area contributed by atoms with Crippen molar-refractivity contribution in [3.63, 3.8) is 0 Å². The predicted molar refractivity (Wildman–Crippen MR) is 160 cm³/mol. The molecule has 4 aliphatic rings. The Morgan fingerprint density at radius 1 is 1.18 bits per heavy atom. The Kier molecular flexibility index (Phi) is 5.85. The Balaban J connectivity index is 1.27. The largest absolute Gasteiger partial charge is 0.508 e. The van der Waals surface area contributed by atoms with Gasteiger partial charge in [-0.15, -0.1) is 6.42 Å². The van der Waals surface area contributed by atoms with Gasteiger partial charge in [-0.1, -0.05) is 12.0 Å². The van der Waals surface area contributed by atoms with Crippen molar-refractivity contribution in [1.29, 1.82) is 0 Å². The number of piperazine rings is 1. The monoisotopic (exact) mass is 602 g/mol. The third-order valence-corrected chi connectivity index (χ3v) is 9.53. The van der Waals surface area contributed by atoms with Gasteiger partial charge in [0.1, 0.15) is 41.4 Å². The lowest BCUT2D eigenvalue weighted by molar-refractivity contribution is 0.107. The average molecular weight is 603 g/mol. The number of nitrogens with one attached hydrogen (secondary N) is 1. The number of alkyl halides is 1. The van der Waals surface area contributed by atoms with Gasteiger partial charge in [0.25, 0.3) is 0 Å². The van der Waals surface area contributed by atoms with Crippen LogP contribution in [-0.2, 0) is 0 Å². The fraction of sp³-hybridized carbons (Fsp3) is 0.424. The molecule has 11 heteroatoms. The number of pyridine rings is 1. The summed E-state index contributed by atoms with van der Waals surface area (Å²) < 4.78 is 69.1. The number of halogens is 3. The van der Waals surface area contributed by atoms with E-state index in [9.17, 15) is 13.9 Å². The van der Waals surface area contributed by atoms with Crippen LogP contribution in [0.25, 0.3) is 32.9 Å². The Morgan fingerprint density at radius 2 is 2.00 bits per heavy atom. The molecule has 0 spiro atoms. The number of phenols is 1. The van der Waals surface area contributed by atoms with Crippen molar-refractivity contribution < 1.29 is 25.8 Å². The quantitative estimate of drug-likeness (QED) is 0.318. The molecule has 4 saturated heterocycles. The van der Waals surface area contributed by atoms with E-state index >= 15 is 4.39 Å². The minimum atomic E-state index is -1.66.